The quantitative estimate of drug-likeness (QED) is 0.694. The number of ether oxygens (including phenoxy) is 1. The zero-order valence-electron chi connectivity index (χ0n) is 10.2. The van der Waals surface area contributed by atoms with E-state index in [-0.39, 0.29) is 12.0 Å². The van der Waals surface area contributed by atoms with Crippen LogP contribution in [0.4, 0.5) is 0 Å². The molecule has 5 heteroatoms. The van der Waals surface area contributed by atoms with E-state index in [0.29, 0.717) is 6.61 Å². The average Bonchev–Trinajstić information content (AvgIpc) is 2.31. The molecule has 1 unspecified atom stereocenters. The van der Waals surface area contributed by atoms with Crippen molar-refractivity contribution in [2.45, 2.75) is 19.4 Å². The minimum Gasteiger partial charge on any atom is -0.465 e. The summed E-state index contributed by atoms with van der Waals surface area (Å²) in [5.74, 6) is 0.950. The van der Waals surface area contributed by atoms with Gasteiger partial charge in [0, 0.05) is 26.2 Å². The zero-order chi connectivity index (χ0) is 11.8. The van der Waals surface area contributed by atoms with Crippen LogP contribution in [0, 0.1) is 0 Å². The van der Waals surface area contributed by atoms with Gasteiger partial charge in [0.25, 0.3) is 0 Å². The maximum Gasteiger partial charge on any atom is 0.323 e. The summed E-state index contributed by atoms with van der Waals surface area (Å²) in [7, 11) is 0. The molecule has 1 aliphatic rings. The maximum atomic E-state index is 11.9. The van der Waals surface area contributed by atoms with Crippen LogP contribution in [0.1, 0.15) is 13.3 Å². The van der Waals surface area contributed by atoms with E-state index in [0.717, 1.165) is 38.4 Å². The summed E-state index contributed by atoms with van der Waals surface area (Å²) >= 11 is 1.78. The SMILES string of the molecule is CCOC(=O)C(CCSC)N1CCNCC1. The van der Waals surface area contributed by atoms with Crippen LogP contribution in [-0.2, 0) is 9.53 Å². The third kappa shape index (κ3) is 4.31. The fourth-order valence-electron chi connectivity index (χ4n) is 1.91. The highest BCUT2D eigenvalue weighted by atomic mass is 32.2. The van der Waals surface area contributed by atoms with E-state index in [1.54, 1.807) is 11.8 Å². The topological polar surface area (TPSA) is 41.6 Å². The average molecular weight is 246 g/mol. The Morgan fingerprint density at radius 2 is 2.19 bits per heavy atom. The molecule has 0 radical (unpaired) electrons. The molecule has 4 nitrogen and oxygen atoms in total. The Morgan fingerprint density at radius 1 is 1.50 bits per heavy atom. The molecule has 1 fully saturated rings. The molecule has 1 aliphatic heterocycles. The first kappa shape index (κ1) is 13.8. The van der Waals surface area contributed by atoms with Crippen LogP contribution >= 0.6 is 11.8 Å². The van der Waals surface area contributed by atoms with Gasteiger partial charge in [-0.15, -0.1) is 0 Å². The van der Waals surface area contributed by atoms with Crippen molar-refractivity contribution >= 4 is 17.7 Å². The number of carbonyl (C=O) groups excluding carboxylic acids is 1. The van der Waals surface area contributed by atoms with Gasteiger partial charge in [-0.25, -0.2) is 0 Å². The number of esters is 1. The van der Waals surface area contributed by atoms with E-state index in [2.05, 4.69) is 16.5 Å². The van der Waals surface area contributed by atoms with Gasteiger partial charge in [0.2, 0.25) is 0 Å². The molecule has 1 atom stereocenters. The molecule has 1 rings (SSSR count). The van der Waals surface area contributed by atoms with Gasteiger partial charge in [-0.1, -0.05) is 0 Å². The monoisotopic (exact) mass is 246 g/mol. The molecule has 0 aromatic rings. The van der Waals surface area contributed by atoms with Crippen LogP contribution in [0.25, 0.3) is 0 Å². The molecule has 0 aromatic heterocycles. The smallest absolute Gasteiger partial charge is 0.323 e. The molecule has 1 heterocycles. The molecule has 0 bridgehead atoms. The number of hydrogen-bond acceptors (Lipinski definition) is 5. The summed E-state index contributed by atoms with van der Waals surface area (Å²) in [5, 5.41) is 3.30. The number of carbonyl (C=O) groups is 1. The highest BCUT2D eigenvalue weighted by molar-refractivity contribution is 7.98. The van der Waals surface area contributed by atoms with Gasteiger partial charge in [0.1, 0.15) is 6.04 Å². The zero-order valence-corrected chi connectivity index (χ0v) is 11.0. The van der Waals surface area contributed by atoms with Crippen LogP contribution in [0.3, 0.4) is 0 Å². The van der Waals surface area contributed by atoms with Crippen molar-refractivity contribution < 1.29 is 9.53 Å². The summed E-state index contributed by atoms with van der Waals surface area (Å²) in [6, 6.07) is -0.0468. The van der Waals surface area contributed by atoms with Crippen LogP contribution in [0.15, 0.2) is 0 Å². The minimum atomic E-state index is -0.0570. The first-order valence-electron chi connectivity index (χ1n) is 5.90. The summed E-state index contributed by atoms with van der Waals surface area (Å²) in [4.78, 5) is 14.1. The van der Waals surface area contributed by atoms with Crippen molar-refractivity contribution in [3.8, 4) is 0 Å². The van der Waals surface area contributed by atoms with Crippen molar-refractivity contribution in [2.75, 3.05) is 44.8 Å². The standard InChI is InChI=1S/C11H22N2O2S/c1-3-15-11(14)10(4-9-16-2)13-7-5-12-6-8-13/h10,12H,3-9H2,1-2H3. The second-order valence-electron chi connectivity index (χ2n) is 3.84. The van der Waals surface area contributed by atoms with Gasteiger partial charge in [-0.05, 0) is 25.4 Å². The van der Waals surface area contributed by atoms with Gasteiger partial charge in [0.15, 0.2) is 0 Å². The molecule has 16 heavy (non-hydrogen) atoms. The van der Waals surface area contributed by atoms with E-state index in [1.807, 2.05) is 6.92 Å². The molecule has 1 saturated heterocycles. The number of thioether (sulfide) groups is 1. The molecular weight excluding hydrogens is 224 g/mol. The third-order valence-electron chi connectivity index (χ3n) is 2.75. The summed E-state index contributed by atoms with van der Waals surface area (Å²) in [6.07, 6.45) is 2.96. The fourth-order valence-corrected chi connectivity index (χ4v) is 2.37. The van der Waals surface area contributed by atoms with Crippen molar-refractivity contribution in [1.82, 2.24) is 10.2 Å². The molecule has 0 saturated carbocycles. The molecule has 0 aliphatic carbocycles. The fraction of sp³-hybridized carbons (Fsp3) is 0.909. The number of nitrogens with zero attached hydrogens (tertiary/aromatic N) is 1. The van der Waals surface area contributed by atoms with E-state index >= 15 is 0 Å². The first-order chi connectivity index (χ1) is 7.79. The summed E-state index contributed by atoms with van der Waals surface area (Å²) < 4.78 is 5.14. The largest absolute Gasteiger partial charge is 0.465 e. The molecule has 0 aromatic carbocycles. The molecule has 0 spiro atoms. The van der Waals surface area contributed by atoms with E-state index in [4.69, 9.17) is 4.74 Å². The number of nitrogens with one attached hydrogen (secondary N) is 1. The molecule has 94 valence electrons. The summed E-state index contributed by atoms with van der Waals surface area (Å²) in [5.41, 5.74) is 0. The number of piperazine rings is 1. The molecule has 1 N–H and O–H groups in total. The van der Waals surface area contributed by atoms with Crippen LogP contribution in [0.2, 0.25) is 0 Å². The van der Waals surface area contributed by atoms with Gasteiger partial charge < -0.3 is 10.1 Å². The van der Waals surface area contributed by atoms with E-state index in [1.165, 1.54) is 0 Å². The highest BCUT2D eigenvalue weighted by Crippen LogP contribution is 2.11. The second-order valence-corrected chi connectivity index (χ2v) is 4.82. The minimum absolute atomic E-state index is 0.0468. The van der Waals surface area contributed by atoms with Crippen molar-refractivity contribution in [1.29, 1.82) is 0 Å². The maximum absolute atomic E-state index is 11.9. The third-order valence-corrected chi connectivity index (χ3v) is 3.39. The summed E-state index contributed by atoms with van der Waals surface area (Å²) in [6.45, 7) is 6.15. The Bertz CT molecular complexity index is 208. The molecular formula is C11H22N2O2S. The normalized spacial score (nSPS) is 19.4. The Labute approximate surface area is 102 Å². The first-order valence-corrected chi connectivity index (χ1v) is 7.29. The lowest BCUT2D eigenvalue weighted by Gasteiger charge is -2.33. The van der Waals surface area contributed by atoms with Crippen molar-refractivity contribution in [3.63, 3.8) is 0 Å². The van der Waals surface area contributed by atoms with Crippen molar-refractivity contribution in [2.24, 2.45) is 0 Å². The van der Waals surface area contributed by atoms with E-state index in [9.17, 15) is 4.79 Å². The number of hydrogen-bond donors (Lipinski definition) is 1. The van der Waals surface area contributed by atoms with Crippen LogP contribution < -0.4 is 5.32 Å². The Hall–Kier alpha value is -0.260. The predicted octanol–water partition coefficient (Wildman–Crippen LogP) is 0.576. The van der Waals surface area contributed by atoms with Crippen molar-refractivity contribution in [3.05, 3.63) is 0 Å². The van der Waals surface area contributed by atoms with Gasteiger partial charge in [-0.2, -0.15) is 11.8 Å². The second kappa shape index (κ2) is 7.92. The highest BCUT2D eigenvalue weighted by Gasteiger charge is 2.27. The lowest BCUT2D eigenvalue weighted by atomic mass is 10.1. The van der Waals surface area contributed by atoms with Crippen LogP contribution in [-0.4, -0.2) is 61.7 Å². The lowest BCUT2D eigenvalue weighted by molar-refractivity contribution is -0.149. The Balaban J connectivity index is 2.50. The van der Waals surface area contributed by atoms with Crippen LogP contribution in [0.5, 0.6) is 0 Å². The van der Waals surface area contributed by atoms with Gasteiger partial charge >= 0.3 is 5.97 Å². The Kier molecular flexibility index (Phi) is 6.84. The Morgan fingerprint density at radius 3 is 2.75 bits per heavy atom. The van der Waals surface area contributed by atoms with E-state index < -0.39 is 0 Å². The number of rotatable bonds is 6. The van der Waals surface area contributed by atoms with Gasteiger partial charge in [-0.3, -0.25) is 9.69 Å². The molecule has 0 amide bonds. The lowest BCUT2D eigenvalue weighted by Crippen LogP contribution is -2.51. The predicted molar refractivity (Wildman–Crippen MR) is 67.9 cm³/mol. The van der Waals surface area contributed by atoms with Gasteiger partial charge in [0.05, 0.1) is 6.61 Å².